The van der Waals surface area contributed by atoms with Gasteiger partial charge in [-0.25, -0.2) is 13.4 Å². The van der Waals surface area contributed by atoms with E-state index in [2.05, 4.69) is 15.5 Å². The fourth-order valence-electron chi connectivity index (χ4n) is 2.36. The summed E-state index contributed by atoms with van der Waals surface area (Å²) in [5, 5.41) is 6.55. The first-order valence-corrected chi connectivity index (χ1v) is 9.84. The van der Waals surface area contributed by atoms with Crippen molar-refractivity contribution in [2.75, 3.05) is 12.8 Å². The first kappa shape index (κ1) is 17.9. The molecule has 0 spiro atoms. The first-order chi connectivity index (χ1) is 12.4. The van der Waals surface area contributed by atoms with Crippen LogP contribution < -0.4 is 5.32 Å². The van der Waals surface area contributed by atoms with Gasteiger partial charge in [0.1, 0.15) is 0 Å². The maximum Gasteiger partial charge on any atom is 0.273 e. The Bertz CT molecular complexity index is 976. The van der Waals surface area contributed by atoms with Crippen LogP contribution in [-0.4, -0.2) is 41.8 Å². The number of aromatic nitrogens is 3. The fourth-order valence-corrected chi connectivity index (χ4v) is 2.99. The quantitative estimate of drug-likeness (QED) is 0.632. The van der Waals surface area contributed by atoms with E-state index in [0.717, 1.165) is 19.2 Å². The van der Waals surface area contributed by atoms with Gasteiger partial charge < -0.3 is 14.4 Å². The van der Waals surface area contributed by atoms with Crippen molar-refractivity contribution in [2.45, 2.75) is 17.9 Å². The van der Waals surface area contributed by atoms with E-state index in [9.17, 15) is 13.2 Å². The Balaban J connectivity index is 1.57. The van der Waals surface area contributed by atoms with Crippen molar-refractivity contribution < 1.29 is 17.7 Å². The van der Waals surface area contributed by atoms with Gasteiger partial charge in [0.25, 0.3) is 5.91 Å². The topological polar surface area (TPSA) is 107 Å². The maximum atomic E-state index is 12.1. The molecule has 9 heteroatoms. The molecule has 0 saturated heterocycles. The average Bonchev–Trinajstić information content (AvgIpc) is 3.29. The molecule has 2 aromatic heterocycles. The summed E-state index contributed by atoms with van der Waals surface area (Å²) in [7, 11) is -3.26. The molecule has 0 bridgehead atoms. The third-order valence-electron chi connectivity index (χ3n) is 3.75. The van der Waals surface area contributed by atoms with Crippen molar-refractivity contribution in [2.24, 2.45) is 0 Å². The second kappa shape index (κ2) is 7.52. The molecule has 1 aromatic carbocycles. The van der Waals surface area contributed by atoms with Gasteiger partial charge in [0.15, 0.2) is 21.3 Å². The minimum absolute atomic E-state index is 0.176. The van der Waals surface area contributed by atoms with Crippen LogP contribution in [0.4, 0.5) is 0 Å². The monoisotopic (exact) mass is 374 g/mol. The van der Waals surface area contributed by atoms with Gasteiger partial charge in [0.05, 0.1) is 11.2 Å². The van der Waals surface area contributed by atoms with Crippen molar-refractivity contribution >= 4 is 15.7 Å². The third kappa shape index (κ3) is 4.37. The van der Waals surface area contributed by atoms with Crippen molar-refractivity contribution in [1.82, 2.24) is 20.0 Å². The zero-order valence-corrected chi connectivity index (χ0v) is 14.9. The number of imidazole rings is 1. The average molecular weight is 374 g/mol. The molecule has 0 atom stereocenters. The van der Waals surface area contributed by atoms with Crippen LogP contribution in [0.25, 0.3) is 11.3 Å². The summed E-state index contributed by atoms with van der Waals surface area (Å²) in [5.74, 6) is 0.0759. The molecule has 1 N–H and O–H groups in total. The van der Waals surface area contributed by atoms with Crippen LogP contribution in [0, 0.1) is 0 Å². The molecule has 0 unspecified atom stereocenters. The maximum absolute atomic E-state index is 12.1. The third-order valence-corrected chi connectivity index (χ3v) is 4.88. The molecule has 0 fully saturated rings. The number of aryl methyl sites for hydroxylation is 1. The Morgan fingerprint density at radius 2 is 2.04 bits per heavy atom. The number of hydrogen-bond acceptors (Lipinski definition) is 6. The van der Waals surface area contributed by atoms with E-state index in [4.69, 9.17) is 4.52 Å². The van der Waals surface area contributed by atoms with Gasteiger partial charge in [-0.2, -0.15) is 0 Å². The van der Waals surface area contributed by atoms with Gasteiger partial charge in [0.2, 0.25) is 0 Å². The second-order valence-corrected chi connectivity index (χ2v) is 7.80. The molecule has 0 aliphatic carbocycles. The molecule has 0 aliphatic rings. The van der Waals surface area contributed by atoms with Gasteiger partial charge in [-0.3, -0.25) is 4.79 Å². The van der Waals surface area contributed by atoms with E-state index in [1.807, 2.05) is 10.8 Å². The van der Waals surface area contributed by atoms with E-state index >= 15 is 0 Å². The Morgan fingerprint density at radius 3 is 2.69 bits per heavy atom. The van der Waals surface area contributed by atoms with Gasteiger partial charge in [-0.1, -0.05) is 5.16 Å². The van der Waals surface area contributed by atoms with Crippen LogP contribution in [0.1, 0.15) is 16.9 Å². The molecule has 0 radical (unpaired) electrons. The summed E-state index contributed by atoms with van der Waals surface area (Å²) in [4.78, 5) is 16.3. The smallest absolute Gasteiger partial charge is 0.273 e. The van der Waals surface area contributed by atoms with Crippen molar-refractivity contribution in [3.8, 4) is 11.3 Å². The van der Waals surface area contributed by atoms with Crippen molar-refractivity contribution in [1.29, 1.82) is 0 Å². The van der Waals surface area contributed by atoms with Crippen LogP contribution in [0.3, 0.4) is 0 Å². The summed E-state index contributed by atoms with van der Waals surface area (Å²) in [6, 6.07) is 7.74. The zero-order valence-electron chi connectivity index (χ0n) is 14.1. The Kier molecular flexibility index (Phi) is 5.17. The highest BCUT2D eigenvalue weighted by molar-refractivity contribution is 7.90. The van der Waals surface area contributed by atoms with Crippen LogP contribution in [-0.2, 0) is 16.4 Å². The minimum atomic E-state index is -3.26. The molecule has 136 valence electrons. The number of sulfone groups is 1. The fraction of sp³-hybridized carbons (Fsp3) is 0.235. The lowest BCUT2D eigenvalue weighted by Crippen LogP contribution is -2.25. The second-order valence-electron chi connectivity index (χ2n) is 5.78. The number of carbonyl (C=O) groups is 1. The number of nitrogens with one attached hydrogen (secondary N) is 1. The largest absolute Gasteiger partial charge is 0.355 e. The molecule has 3 aromatic rings. The number of amides is 1. The molecule has 0 aliphatic heterocycles. The van der Waals surface area contributed by atoms with Gasteiger partial charge in [-0.15, -0.1) is 0 Å². The Morgan fingerprint density at radius 1 is 1.27 bits per heavy atom. The number of rotatable bonds is 7. The molecule has 1 amide bonds. The highest BCUT2D eigenvalue weighted by atomic mass is 32.2. The lowest BCUT2D eigenvalue weighted by atomic mass is 10.1. The number of carbonyl (C=O) groups excluding carboxylic acids is 1. The first-order valence-electron chi connectivity index (χ1n) is 7.94. The lowest BCUT2D eigenvalue weighted by molar-refractivity contribution is 0.0943. The van der Waals surface area contributed by atoms with E-state index in [-0.39, 0.29) is 16.5 Å². The zero-order chi connectivity index (χ0) is 18.6. The number of nitrogens with zero attached hydrogens (tertiary/aromatic N) is 3. The SMILES string of the molecule is CS(=O)(=O)c1ccc(-c2cc(C(=O)NCCCn3ccnc3)no2)cc1. The Hall–Kier alpha value is -2.94. The van der Waals surface area contributed by atoms with Crippen molar-refractivity contribution in [3.05, 3.63) is 54.7 Å². The molecule has 0 saturated carbocycles. The summed E-state index contributed by atoms with van der Waals surface area (Å²) in [5.41, 5.74) is 0.818. The summed E-state index contributed by atoms with van der Waals surface area (Å²) >= 11 is 0. The van der Waals surface area contributed by atoms with E-state index < -0.39 is 9.84 Å². The summed E-state index contributed by atoms with van der Waals surface area (Å²) < 4.78 is 30.1. The molecular weight excluding hydrogens is 356 g/mol. The van der Waals surface area contributed by atoms with Crippen LogP contribution in [0.15, 0.2) is 58.5 Å². The molecule has 3 rings (SSSR count). The van der Waals surface area contributed by atoms with Crippen LogP contribution >= 0.6 is 0 Å². The predicted octanol–water partition coefficient (Wildman–Crippen LogP) is 1.76. The van der Waals surface area contributed by atoms with Crippen LogP contribution in [0.5, 0.6) is 0 Å². The van der Waals surface area contributed by atoms with E-state index in [0.29, 0.717) is 17.9 Å². The highest BCUT2D eigenvalue weighted by Gasteiger charge is 2.14. The molecule has 26 heavy (non-hydrogen) atoms. The van der Waals surface area contributed by atoms with Gasteiger partial charge in [0, 0.05) is 43.4 Å². The molecule has 8 nitrogen and oxygen atoms in total. The highest BCUT2D eigenvalue weighted by Crippen LogP contribution is 2.22. The van der Waals surface area contributed by atoms with Gasteiger partial charge >= 0.3 is 0 Å². The summed E-state index contributed by atoms with van der Waals surface area (Å²) in [6.45, 7) is 1.26. The predicted molar refractivity (Wildman–Crippen MR) is 94.2 cm³/mol. The lowest BCUT2D eigenvalue weighted by Gasteiger charge is -2.03. The van der Waals surface area contributed by atoms with Crippen LogP contribution in [0.2, 0.25) is 0 Å². The standard InChI is InChI=1S/C17H18N4O4S/c1-26(23,24)14-5-3-13(4-6-14)16-11-15(20-25-16)17(22)19-7-2-9-21-10-8-18-12-21/h3-6,8,10-12H,2,7,9H2,1H3,(H,19,22). The molecule has 2 heterocycles. The Labute approximate surface area is 150 Å². The van der Waals surface area contributed by atoms with Crippen molar-refractivity contribution in [3.63, 3.8) is 0 Å². The molecular formula is C17H18N4O4S. The minimum Gasteiger partial charge on any atom is -0.355 e. The van der Waals surface area contributed by atoms with E-state index in [1.165, 1.54) is 18.2 Å². The van der Waals surface area contributed by atoms with Gasteiger partial charge in [-0.05, 0) is 30.7 Å². The van der Waals surface area contributed by atoms with E-state index in [1.54, 1.807) is 24.7 Å². The number of benzene rings is 1. The summed E-state index contributed by atoms with van der Waals surface area (Å²) in [6.07, 6.45) is 7.20. The number of hydrogen-bond donors (Lipinski definition) is 1. The normalized spacial score (nSPS) is 11.4.